The van der Waals surface area contributed by atoms with Gasteiger partial charge in [-0.15, -0.1) is 5.10 Å². The first-order valence-electron chi connectivity index (χ1n) is 12.0. The third kappa shape index (κ3) is 4.33. The number of aromatic amines is 1. The standard InChI is InChI=1S/C24H29N9O/c34-23(16-31-6-5-21-22(15-31)29-30-28-21)33-9-7-32(8-10-33)20-13-25-24(26-14-20)27-19-11-17-3-1-2-4-18(17)12-19/h1-4,13-14,19H,5-12,15-16H2,(H,25,26,27)(H,28,29,30). The van der Waals surface area contributed by atoms with Crippen molar-refractivity contribution in [1.29, 1.82) is 0 Å². The number of H-pyrrole nitrogens is 1. The molecule has 1 aliphatic carbocycles. The third-order valence-corrected chi connectivity index (χ3v) is 7.13. The van der Waals surface area contributed by atoms with E-state index in [2.05, 4.69) is 64.8 Å². The molecule has 3 aromatic rings. The van der Waals surface area contributed by atoms with Gasteiger partial charge in [-0.1, -0.05) is 29.5 Å². The summed E-state index contributed by atoms with van der Waals surface area (Å²) in [6.07, 6.45) is 6.65. The highest BCUT2D eigenvalue weighted by Crippen LogP contribution is 2.24. The summed E-state index contributed by atoms with van der Waals surface area (Å²) in [5.74, 6) is 0.854. The molecule has 0 unspecified atom stereocenters. The Bertz CT molecular complexity index is 1130. The number of nitrogens with one attached hydrogen (secondary N) is 2. The summed E-state index contributed by atoms with van der Waals surface area (Å²) in [5.41, 5.74) is 5.87. The summed E-state index contributed by atoms with van der Waals surface area (Å²) in [6.45, 7) is 4.96. The lowest BCUT2D eigenvalue weighted by molar-refractivity contribution is -0.133. The van der Waals surface area contributed by atoms with Gasteiger partial charge in [0.05, 0.1) is 36.0 Å². The first kappa shape index (κ1) is 21.0. The third-order valence-electron chi connectivity index (χ3n) is 7.13. The van der Waals surface area contributed by atoms with E-state index in [9.17, 15) is 4.79 Å². The normalized spacial score (nSPS) is 18.6. The second-order valence-electron chi connectivity index (χ2n) is 9.35. The Morgan fingerprint density at radius 3 is 2.50 bits per heavy atom. The Morgan fingerprint density at radius 2 is 1.76 bits per heavy atom. The van der Waals surface area contributed by atoms with Crippen LogP contribution in [0.5, 0.6) is 0 Å². The fraction of sp³-hybridized carbons (Fsp3) is 0.458. The minimum atomic E-state index is 0.181. The number of aromatic nitrogens is 5. The number of carbonyl (C=O) groups is 1. The van der Waals surface area contributed by atoms with Gasteiger partial charge < -0.3 is 15.1 Å². The molecule has 6 rings (SSSR count). The number of hydrogen-bond acceptors (Lipinski definition) is 8. The number of nitrogens with zero attached hydrogens (tertiary/aromatic N) is 7. The lowest BCUT2D eigenvalue weighted by atomic mass is 10.1. The van der Waals surface area contributed by atoms with E-state index in [1.165, 1.54) is 11.1 Å². The van der Waals surface area contributed by atoms with Crippen LogP contribution < -0.4 is 10.2 Å². The van der Waals surface area contributed by atoms with E-state index in [0.717, 1.165) is 56.0 Å². The van der Waals surface area contributed by atoms with Crippen molar-refractivity contribution in [3.63, 3.8) is 0 Å². The minimum absolute atomic E-state index is 0.181. The number of anilines is 2. The Hall–Kier alpha value is -3.53. The molecule has 1 amide bonds. The highest BCUT2D eigenvalue weighted by molar-refractivity contribution is 5.78. The van der Waals surface area contributed by atoms with Crippen LogP contribution in [0.25, 0.3) is 0 Å². The van der Waals surface area contributed by atoms with Crippen molar-refractivity contribution < 1.29 is 4.79 Å². The largest absolute Gasteiger partial charge is 0.365 e. The van der Waals surface area contributed by atoms with Crippen LogP contribution in [0.1, 0.15) is 22.5 Å². The van der Waals surface area contributed by atoms with Gasteiger partial charge in [-0.25, -0.2) is 9.97 Å². The number of carbonyl (C=O) groups excluding carboxylic acids is 1. The first-order chi connectivity index (χ1) is 16.7. The zero-order valence-electron chi connectivity index (χ0n) is 19.2. The van der Waals surface area contributed by atoms with Crippen molar-refractivity contribution >= 4 is 17.5 Å². The highest BCUT2D eigenvalue weighted by Gasteiger charge is 2.26. The number of amides is 1. The van der Waals surface area contributed by atoms with Gasteiger partial charge in [-0.3, -0.25) is 14.8 Å². The summed E-state index contributed by atoms with van der Waals surface area (Å²) < 4.78 is 0. The summed E-state index contributed by atoms with van der Waals surface area (Å²) in [6, 6.07) is 8.93. The predicted octanol–water partition coefficient (Wildman–Crippen LogP) is 0.881. The molecular weight excluding hydrogens is 430 g/mol. The predicted molar refractivity (Wildman–Crippen MR) is 127 cm³/mol. The van der Waals surface area contributed by atoms with E-state index in [0.29, 0.717) is 38.2 Å². The van der Waals surface area contributed by atoms with Crippen LogP contribution in [0, 0.1) is 0 Å². The van der Waals surface area contributed by atoms with Crippen LogP contribution >= 0.6 is 0 Å². The molecule has 34 heavy (non-hydrogen) atoms. The smallest absolute Gasteiger partial charge is 0.236 e. The van der Waals surface area contributed by atoms with E-state index in [1.807, 2.05) is 17.3 Å². The van der Waals surface area contributed by atoms with Gasteiger partial charge in [0, 0.05) is 51.7 Å². The maximum atomic E-state index is 12.8. The molecule has 176 valence electrons. The highest BCUT2D eigenvalue weighted by atomic mass is 16.2. The van der Waals surface area contributed by atoms with Crippen molar-refractivity contribution in [2.75, 3.05) is 49.5 Å². The van der Waals surface area contributed by atoms with Crippen LogP contribution in [0.4, 0.5) is 11.6 Å². The Kier molecular flexibility index (Phi) is 5.58. The maximum Gasteiger partial charge on any atom is 0.236 e. The topological polar surface area (TPSA) is 106 Å². The van der Waals surface area contributed by atoms with Gasteiger partial charge in [0.2, 0.25) is 11.9 Å². The second kappa shape index (κ2) is 9.02. The zero-order chi connectivity index (χ0) is 22.9. The zero-order valence-corrected chi connectivity index (χ0v) is 19.2. The molecule has 0 spiro atoms. The molecule has 1 fully saturated rings. The molecule has 0 radical (unpaired) electrons. The van der Waals surface area contributed by atoms with Gasteiger partial charge in [0.15, 0.2) is 0 Å². The molecular formula is C24H29N9O. The van der Waals surface area contributed by atoms with Crippen LogP contribution in [-0.2, 0) is 30.6 Å². The van der Waals surface area contributed by atoms with E-state index >= 15 is 0 Å². The maximum absolute atomic E-state index is 12.8. The Balaban J connectivity index is 0.981. The molecule has 4 heterocycles. The fourth-order valence-electron chi connectivity index (χ4n) is 5.20. The van der Waals surface area contributed by atoms with Crippen molar-refractivity contribution in [3.05, 3.63) is 59.2 Å². The Morgan fingerprint density at radius 1 is 1.03 bits per heavy atom. The average Bonchev–Trinajstić information content (AvgIpc) is 3.50. The Labute approximate surface area is 198 Å². The molecule has 10 nitrogen and oxygen atoms in total. The monoisotopic (exact) mass is 459 g/mol. The SMILES string of the molecule is O=C(CN1CCc2[nH]nnc2C1)N1CCN(c2cnc(NC3Cc4ccccc4C3)nc2)CC1. The van der Waals surface area contributed by atoms with E-state index in [1.54, 1.807) is 0 Å². The average molecular weight is 460 g/mol. The molecule has 1 aromatic carbocycles. The van der Waals surface area contributed by atoms with E-state index in [4.69, 9.17) is 0 Å². The van der Waals surface area contributed by atoms with Gasteiger partial charge in [0.1, 0.15) is 0 Å². The van der Waals surface area contributed by atoms with Crippen molar-refractivity contribution in [2.24, 2.45) is 0 Å². The summed E-state index contributed by atoms with van der Waals surface area (Å²) >= 11 is 0. The van der Waals surface area contributed by atoms with Crippen molar-refractivity contribution in [1.82, 2.24) is 35.2 Å². The second-order valence-corrected chi connectivity index (χ2v) is 9.35. The molecule has 10 heteroatoms. The number of piperazine rings is 1. The van der Waals surface area contributed by atoms with Crippen LogP contribution in [0.15, 0.2) is 36.7 Å². The van der Waals surface area contributed by atoms with Gasteiger partial charge in [-0.2, -0.15) is 0 Å². The van der Waals surface area contributed by atoms with Crippen LogP contribution in [0.2, 0.25) is 0 Å². The molecule has 1 saturated heterocycles. The van der Waals surface area contributed by atoms with Gasteiger partial charge in [-0.05, 0) is 24.0 Å². The number of rotatable bonds is 5. The molecule has 2 aromatic heterocycles. The van der Waals surface area contributed by atoms with E-state index < -0.39 is 0 Å². The molecule has 0 atom stereocenters. The molecule has 2 N–H and O–H groups in total. The lowest BCUT2D eigenvalue weighted by Gasteiger charge is -2.37. The minimum Gasteiger partial charge on any atom is -0.365 e. The van der Waals surface area contributed by atoms with Crippen molar-refractivity contribution in [3.8, 4) is 0 Å². The summed E-state index contributed by atoms with van der Waals surface area (Å²) in [4.78, 5) is 28.3. The van der Waals surface area contributed by atoms with Crippen LogP contribution in [0.3, 0.4) is 0 Å². The summed E-state index contributed by atoms with van der Waals surface area (Å²) in [5, 5.41) is 14.4. The molecule has 3 aliphatic rings. The first-order valence-corrected chi connectivity index (χ1v) is 12.0. The summed E-state index contributed by atoms with van der Waals surface area (Å²) in [7, 11) is 0. The molecule has 0 bridgehead atoms. The number of benzene rings is 1. The van der Waals surface area contributed by atoms with E-state index in [-0.39, 0.29) is 5.91 Å². The quantitative estimate of drug-likeness (QED) is 0.579. The van der Waals surface area contributed by atoms with Crippen molar-refractivity contribution in [2.45, 2.75) is 31.8 Å². The molecule has 0 saturated carbocycles. The fourth-order valence-corrected chi connectivity index (χ4v) is 5.20. The number of fused-ring (bicyclic) bond motifs is 2. The van der Waals surface area contributed by atoms with Gasteiger partial charge >= 0.3 is 0 Å². The lowest BCUT2D eigenvalue weighted by Crippen LogP contribution is -2.51. The van der Waals surface area contributed by atoms with Gasteiger partial charge in [0.25, 0.3) is 0 Å². The van der Waals surface area contributed by atoms with Crippen LogP contribution in [-0.4, -0.2) is 86.4 Å². The molecule has 2 aliphatic heterocycles. The number of hydrogen-bond donors (Lipinski definition) is 2.